The van der Waals surface area contributed by atoms with E-state index in [-0.39, 0.29) is 0 Å². The summed E-state index contributed by atoms with van der Waals surface area (Å²) in [5.74, 6) is 5.21. The summed E-state index contributed by atoms with van der Waals surface area (Å²) in [6.07, 6.45) is 4.73. The van der Waals surface area contributed by atoms with Gasteiger partial charge in [0.25, 0.3) is 0 Å². The van der Waals surface area contributed by atoms with E-state index >= 15 is 0 Å². The zero-order chi connectivity index (χ0) is 12.4. The summed E-state index contributed by atoms with van der Waals surface area (Å²) in [7, 11) is 1.54. The Morgan fingerprint density at radius 3 is 2.82 bits per heavy atom. The Labute approximate surface area is 100 Å². The van der Waals surface area contributed by atoms with Crippen LogP contribution in [0.3, 0.4) is 0 Å². The van der Waals surface area contributed by atoms with Crippen LogP contribution in [-0.2, 0) is 13.6 Å². The second-order valence-electron chi connectivity index (χ2n) is 3.42. The third kappa shape index (κ3) is 2.27. The number of hydrogen-bond donors (Lipinski definition) is 2. The summed E-state index contributed by atoms with van der Waals surface area (Å²) in [5, 5.41) is 0.567. The largest absolute Gasteiger partial charge is 0.316 e. The molecule has 17 heavy (non-hydrogen) atoms. The highest BCUT2D eigenvalue weighted by Gasteiger charge is 2.05. The van der Waals surface area contributed by atoms with Gasteiger partial charge in [-0.25, -0.2) is 10.8 Å². The fourth-order valence-electron chi connectivity index (χ4n) is 1.33. The normalized spacial score (nSPS) is 10.5. The van der Waals surface area contributed by atoms with Crippen LogP contribution in [0.15, 0.2) is 28.2 Å². The number of anilines is 1. The highest BCUT2D eigenvalue weighted by atomic mass is 32.1. The molecular weight excluding hydrogens is 242 g/mol. The van der Waals surface area contributed by atoms with Crippen molar-refractivity contribution in [2.24, 2.45) is 12.9 Å². The molecule has 2 aromatic heterocycles. The first kappa shape index (κ1) is 11.6. The van der Waals surface area contributed by atoms with Gasteiger partial charge in [0.05, 0.1) is 6.54 Å². The van der Waals surface area contributed by atoms with Crippen molar-refractivity contribution in [1.29, 1.82) is 0 Å². The summed E-state index contributed by atoms with van der Waals surface area (Å²) < 4.78 is 2.59. The van der Waals surface area contributed by atoms with Crippen molar-refractivity contribution < 1.29 is 0 Å². The molecule has 0 aliphatic rings. The van der Waals surface area contributed by atoms with Gasteiger partial charge in [-0.1, -0.05) is 11.3 Å². The van der Waals surface area contributed by atoms with E-state index in [9.17, 15) is 9.59 Å². The molecule has 2 aromatic rings. The molecule has 2 heterocycles. The average Bonchev–Trinajstić information content (AvgIpc) is 2.78. The molecule has 0 atom stereocenters. The molecule has 0 fully saturated rings. The molecule has 7 nitrogen and oxygen atoms in total. The minimum atomic E-state index is -0.550. The maximum Gasteiger partial charge on any atom is 0.316 e. The Balaban J connectivity index is 2.34. The molecule has 0 saturated carbocycles. The van der Waals surface area contributed by atoms with Crippen molar-refractivity contribution in [3.8, 4) is 0 Å². The van der Waals surface area contributed by atoms with Gasteiger partial charge >= 0.3 is 11.1 Å². The third-order valence-corrected chi connectivity index (χ3v) is 3.15. The lowest BCUT2D eigenvalue weighted by molar-refractivity contribution is 0.700. The molecular formula is C9H11N5O2S. The van der Waals surface area contributed by atoms with Crippen LogP contribution in [-0.4, -0.2) is 14.1 Å². The van der Waals surface area contributed by atoms with Crippen LogP contribution < -0.4 is 22.4 Å². The van der Waals surface area contributed by atoms with Gasteiger partial charge in [0.2, 0.25) is 0 Å². The number of nitrogens with two attached hydrogens (primary N) is 1. The van der Waals surface area contributed by atoms with Gasteiger partial charge in [-0.3, -0.25) is 15.0 Å². The van der Waals surface area contributed by atoms with Gasteiger partial charge in [0.15, 0.2) is 5.13 Å². The van der Waals surface area contributed by atoms with Crippen molar-refractivity contribution in [3.63, 3.8) is 0 Å². The number of hydrazine groups is 1. The van der Waals surface area contributed by atoms with Crippen LogP contribution in [0, 0.1) is 0 Å². The van der Waals surface area contributed by atoms with Crippen molar-refractivity contribution in [2.75, 3.05) is 5.43 Å². The fourth-order valence-corrected chi connectivity index (χ4v) is 2.05. The van der Waals surface area contributed by atoms with Gasteiger partial charge in [-0.15, -0.1) is 0 Å². The molecule has 0 bridgehead atoms. The first-order valence-corrected chi connectivity index (χ1v) is 5.61. The molecule has 0 aliphatic heterocycles. The monoisotopic (exact) mass is 253 g/mol. The van der Waals surface area contributed by atoms with Gasteiger partial charge in [-0.05, 0) is 0 Å². The predicted molar refractivity (Wildman–Crippen MR) is 65.0 cm³/mol. The first-order chi connectivity index (χ1) is 8.11. The Hall–Kier alpha value is -1.93. The standard InChI is InChI=1S/C9H11N5O2S/c1-13-2-3-14(8(16)7(13)15)5-6-4-11-9(12-10)17-6/h2-4H,5,10H2,1H3,(H,11,12). The summed E-state index contributed by atoms with van der Waals surface area (Å²) in [5.41, 5.74) is 1.33. The maximum absolute atomic E-state index is 11.6. The van der Waals surface area contributed by atoms with E-state index in [0.29, 0.717) is 11.7 Å². The molecule has 0 radical (unpaired) electrons. The Morgan fingerprint density at radius 1 is 1.41 bits per heavy atom. The topological polar surface area (TPSA) is 94.9 Å². The molecule has 0 unspecified atom stereocenters. The highest BCUT2D eigenvalue weighted by Crippen LogP contribution is 2.16. The number of nitrogens with zero attached hydrogens (tertiary/aromatic N) is 3. The molecule has 0 amide bonds. The van der Waals surface area contributed by atoms with E-state index in [1.807, 2.05) is 0 Å². The molecule has 0 spiro atoms. The fraction of sp³-hybridized carbons (Fsp3) is 0.222. The van der Waals surface area contributed by atoms with E-state index in [0.717, 1.165) is 4.88 Å². The number of hydrogen-bond acceptors (Lipinski definition) is 6. The molecule has 2 rings (SSSR count). The Kier molecular flexibility index (Phi) is 3.07. The second-order valence-corrected chi connectivity index (χ2v) is 4.54. The number of thiazole rings is 1. The van der Waals surface area contributed by atoms with E-state index < -0.39 is 11.1 Å². The quantitative estimate of drug-likeness (QED) is 0.430. The molecule has 3 N–H and O–H groups in total. The summed E-state index contributed by atoms with van der Waals surface area (Å²) in [6, 6.07) is 0. The van der Waals surface area contributed by atoms with Gasteiger partial charge in [-0.2, -0.15) is 0 Å². The van der Waals surface area contributed by atoms with Crippen LogP contribution in [0.1, 0.15) is 4.88 Å². The van der Waals surface area contributed by atoms with Crippen LogP contribution in [0.4, 0.5) is 5.13 Å². The zero-order valence-corrected chi connectivity index (χ0v) is 9.90. The number of nitrogen functional groups attached to an aromatic ring is 1. The minimum Gasteiger partial charge on any atom is -0.312 e. The lowest BCUT2D eigenvalue weighted by Crippen LogP contribution is -2.39. The molecule has 8 heteroatoms. The lowest BCUT2D eigenvalue weighted by atomic mass is 10.5. The summed E-state index contributed by atoms with van der Waals surface area (Å²) in [6.45, 7) is 0.314. The minimum absolute atomic E-state index is 0.314. The maximum atomic E-state index is 11.6. The highest BCUT2D eigenvalue weighted by molar-refractivity contribution is 7.15. The van der Waals surface area contributed by atoms with E-state index in [4.69, 9.17) is 5.84 Å². The smallest absolute Gasteiger partial charge is 0.312 e. The molecule has 0 saturated heterocycles. The lowest BCUT2D eigenvalue weighted by Gasteiger charge is -2.03. The van der Waals surface area contributed by atoms with Crippen molar-refractivity contribution in [3.05, 3.63) is 44.2 Å². The summed E-state index contributed by atoms with van der Waals surface area (Å²) >= 11 is 1.33. The van der Waals surface area contributed by atoms with Crippen LogP contribution >= 0.6 is 11.3 Å². The van der Waals surface area contributed by atoms with Crippen LogP contribution in [0.25, 0.3) is 0 Å². The van der Waals surface area contributed by atoms with Gasteiger partial charge in [0, 0.05) is 30.5 Å². The first-order valence-electron chi connectivity index (χ1n) is 4.79. The van der Waals surface area contributed by atoms with Crippen LogP contribution in [0.2, 0.25) is 0 Å². The van der Waals surface area contributed by atoms with Crippen molar-refractivity contribution in [2.45, 2.75) is 6.54 Å². The predicted octanol–water partition coefficient (Wildman–Crippen LogP) is -0.663. The van der Waals surface area contributed by atoms with Gasteiger partial charge in [0.1, 0.15) is 0 Å². The Morgan fingerprint density at radius 2 is 2.18 bits per heavy atom. The zero-order valence-electron chi connectivity index (χ0n) is 9.08. The molecule has 90 valence electrons. The SMILES string of the molecule is Cn1ccn(Cc2cnc(NN)s2)c(=O)c1=O. The van der Waals surface area contributed by atoms with Crippen molar-refractivity contribution >= 4 is 16.5 Å². The number of aryl methyl sites for hydroxylation is 1. The number of aromatic nitrogens is 3. The molecule has 0 aromatic carbocycles. The molecule has 0 aliphatic carbocycles. The van der Waals surface area contributed by atoms with E-state index in [1.54, 1.807) is 18.6 Å². The average molecular weight is 253 g/mol. The second kappa shape index (κ2) is 4.52. The van der Waals surface area contributed by atoms with E-state index in [1.165, 1.54) is 27.5 Å². The number of rotatable bonds is 3. The number of nitrogens with one attached hydrogen (secondary N) is 1. The van der Waals surface area contributed by atoms with Crippen molar-refractivity contribution in [1.82, 2.24) is 14.1 Å². The van der Waals surface area contributed by atoms with E-state index in [2.05, 4.69) is 10.4 Å². The Bertz CT molecular complexity index is 641. The third-order valence-electron chi connectivity index (χ3n) is 2.24. The van der Waals surface area contributed by atoms with Crippen LogP contribution in [0.5, 0.6) is 0 Å². The van der Waals surface area contributed by atoms with Gasteiger partial charge < -0.3 is 9.13 Å². The summed E-state index contributed by atoms with van der Waals surface area (Å²) in [4.78, 5) is 27.9.